The lowest BCUT2D eigenvalue weighted by molar-refractivity contribution is -0.122. The standard InChI is InChI=1S/C27H18BrN5O3/c28-16-10-12-17(13-11-16)31-25(34)22-21-14-9-15-5-1-3-7-19(15)32(21)24(23(22)26(31)35)27(36)33-20-8-4-2-6-18(20)29-30-33/h1-14,21-24H/t21-,22-,23-,24+/m0/s1. The van der Waals surface area contributed by atoms with Gasteiger partial charge in [-0.3, -0.25) is 14.4 Å². The number of rotatable bonds is 2. The number of anilines is 2. The number of para-hydroxylation sites is 2. The monoisotopic (exact) mass is 539 g/mol. The fourth-order valence-corrected chi connectivity index (χ4v) is 6.06. The van der Waals surface area contributed by atoms with Gasteiger partial charge in [-0.2, -0.15) is 4.68 Å². The molecule has 0 aliphatic carbocycles. The number of benzene rings is 3. The second-order valence-corrected chi connectivity index (χ2v) is 10.0. The highest BCUT2D eigenvalue weighted by Gasteiger charge is 2.64. The predicted molar refractivity (Wildman–Crippen MR) is 137 cm³/mol. The van der Waals surface area contributed by atoms with E-state index < -0.39 is 23.9 Å². The molecule has 7 rings (SSSR count). The average Bonchev–Trinajstić information content (AvgIpc) is 3.56. The molecule has 3 aromatic carbocycles. The van der Waals surface area contributed by atoms with Crippen molar-refractivity contribution in [2.75, 3.05) is 9.80 Å². The Kier molecular flexibility index (Phi) is 4.53. The van der Waals surface area contributed by atoms with Gasteiger partial charge in [0.25, 0.3) is 5.91 Å². The van der Waals surface area contributed by atoms with Crippen LogP contribution in [0, 0.1) is 11.8 Å². The molecule has 36 heavy (non-hydrogen) atoms. The lowest BCUT2D eigenvalue weighted by Gasteiger charge is -2.36. The van der Waals surface area contributed by atoms with E-state index in [-0.39, 0.29) is 17.7 Å². The summed E-state index contributed by atoms with van der Waals surface area (Å²) in [5, 5.41) is 8.28. The van der Waals surface area contributed by atoms with Crippen molar-refractivity contribution in [2.24, 2.45) is 11.8 Å². The first-order chi connectivity index (χ1) is 17.5. The normalized spacial score (nSPS) is 24.2. The quantitative estimate of drug-likeness (QED) is 0.358. The molecule has 176 valence electrons. The molecule has 2 amide bonds. The summed E-state index contributed by atoms with van der Waals surface area (Å²) in [5.41, 5.74) is 3.38. The van der Waals surface area contributed by atoms with Crippen molar-refractivity contribution in [3.63, 3.8) is 0 Å². The maximum atomic E-state index is 14.2. The third kappa shape index (κ3) is 2.83. The Morgan fingerprint density at radius 3 is 2.42 bits per heavy atom. The molecule has 0 radical (unpaired) electrons. The topological polar surface area (TPSA) is 88.4 Å². The van der Waals surface area contributed by atoms with Crippen LogP contribution in [-0.2, 0) is 9.59 Å². The zero-order valence-corrected chi connectivity index (χ0v) is 20.3. The lowest BCUT2D eigenvalue weighted by Crippen LogP contribution is -2.50. The second-order valence-electron chi connectivity index (χ2n) is 9.13. The molecule has 4 heterocycles. The first kappa shape index (κ1) is 21.2. The largest absolute Gasteiger partial charge is 0.351 e. The Bertz CT molecular complexity index is 1610. The summed E-state index contributed by atoms with van der Waals surface area (Å²) in [6.45, 7) is 0. The molecule has 1 aromatic heterocycles. The fourth-order valence-electron chi connectivity index (χ4n) is 5.80. The number of hydrogen-bond donors (Lipinski definition) is 0. The first-order valence-electron chi connectivity index (χ1n) is 11.6. The van der Waals surface area contributed by atoms with Crippen molar-refractivity contribution in [1.82, 2.24) is 15.0 Å². The van der Waals surface area contributed by atoms with E-state index in [1.807, 2.05) is 53.5 Å². The van der Waals surface area contributed by atoms with Crippen LogP contribution in [0.5, 0.6) is 0 Å². The van der Waals surface area contributed by atoms with Crippen LogP contribution in [0.15, 0.2) is 83.3 Å². The number of carbonyl (C=O) groups excluding carboxylic acids is 3. The van der Waals surface area contributed by atoms with Gasteiger partial charge in [0.15, 0.2) is 0 Å². The van der Waals surface area contributed by atoms with Crippen LogP contribution in [0.2, 0.25) is 0 Å². The van der Waals surface area contributed by atoms with Crippen LogP contribution >= 0.6 is 15.9 Å². The Balaban J connectivity index is 1.39. The molecule has 3 aliphatic rings. The molecule has 2 saturated heterocycles. The van der Waals surface area contributed by atoms with Crippen molar-refractivity contribution in [3.05, 3.63) is 88.9 Å². The van der Waals surface area contributed by atoms with Gasteiger partial charge in [0.05, 0.1) is 29.1 Å². The number of halogens is 1. The minimum absolute atomic E-state index is 0.301. The Hall–Kier alpha value is -4.11. The number of aromatic nitrogens is 3. The molecule has 0 unspecified atom stereocenters. The molecular formula is C27H18BrN5O3. The summed E-state index contributed by atoms with van der Waals surface area (Å²) in [6.07, 6.45) is 3.90. The highest BCUT2D eigenvalue weighted by molar-refractivity contribution is 9.10. The van der Waals surface area contributed by atoms with Crippen molar-refractivity contribution in [3.8, 4) is 0 Å². The molecule has 0 N–H and O–H groups in total. The van der Waals surface area contributed by atoms with Crippen LogP contribution < -0.4 is 9.80 Å². The first-order valence-corrected chi connectivity index (χ1v) is 12.4. The van der Waals surface area contributed by atoms with Crippen molar-refractivity contribution < 1.29 is 14.4 Å². The van der Waals surface area contributed by atoms with Crippen molar-refractivity contribution >= 4 is 62.1 Å². The van der Waals surface area contributed by atoms with Crippen LogP contribution in [0.25, 0.3) is 17.1 Å². The van der Waals surface area contributed by atoms with E-state index in [2.05, 4.69) is 26.2 Å². The van der Waals surface area contributed by atoms with E-state index in [1.165, 1.54) is 9.58 Å². The number of hydrogen-bond acceptors (Lipinski definition) is 6. The summed E-state index contributed by atoms with van der Waals surface area (Å²) in [6, 6.07) is 20.6. The maximum absolute atomic E-state index is 14.2. The number of carbonyl (C=O) groups is 3. The highest BCUT2D eigenvalue weighted by atomic mass is 79.9. The number of nitrogens with zero attached hydrogens (tertiary/aromatic N) is 5. The molecule has 4 atom stereocenters. The predicted octanol–water partition coefficient (Wildman–Crippen LogP) is 3.92. The summed E-state index contributed by atoms with van der Waals surface area (Å²) in [7, 11) is 0. The SMILES string of the molecule is O=C1[C@@H]2[C@H](C(=O)N1c1ccc(Br)cc1)[C@H](C(=O)n1nnc3ccccc31)N1c3ccccc3C=C[C@@H]21. The molecule has 8 nitrogen and oxygen atoms in total. The Morgan fingerprint density at radius 1 is 0.861 bits per heavy atom. The number of amides is 2. The van der Waals surface area contributed by atoms with Gasteiger partial charge in [-0.05, 0) is 48.0 Å². The Morgan fingerprint density at radius 2 is 1.58 bits per heavy atom. The van der Waals surface area contributed by atoms with E-state index in [0.717, 1.165) is 15.7 Å². The van der Waals surface area contributed by atoms with Gasteiger partial charge >= 0.3 is 0 Å². The van der Waals surface area contributed by atoms with Gasteiger partial charge in [0.2, 0.25) is 11.8 Å². The van der Waals surface area contributed by atoms with Crippen molar-refractivity contribution in [1.29, 1.82) is 0 Å². The van der Waals surface area contributed by atoms with E-state index in [9.17, 15) is 14.4 Å². The minimum atomic E-state index is -0.923. The molecule has 2 fully saturated rings. The molecule has 9 heteroatoms. The van der Waals surface area contributed by atoms with Crippen LogP contribution in [-0.4, -0.2) is 44.8 Å². The average molecular weight is 540 g/mol. The maximum Gasteiger partial charge on any atom is 0.272 e. The van der Waals surface area contributed by atoms with Gasteiger partial charge in [-0.25, -0.2) is 4.90 Å². The Labute approximate surface area is 213 Å². The van der Waals surface area contributed by atoms with Gasteiger partial charge < -0.3 is 4.90 Å². The summed E-state index contributed by atoms with van der Waals surface area (Å²) in [4.78, 5) is 45.1. The minimum Gasteiger partial charge on any atom is -0.351 e. The van der Waals surface area contributed by atoms with E-state index >= 15 is 0 Å². The molecule has 3 aliphatic heterocycles. The van der Waals surface area contributed by atoms with Crippen LogP contribution in [0.3, 0.4) is 0 Å². The fraction of sp³-hybridized carbons (Fsp3) is 0.148. The number of fused-ring (bicyclic) bond motifs is 6. The summed E-state index contributed by atoms with van der Waals surface area (Å²) < 4.78 is 2.11. The zero-order chi connectivity index (χ0) is 24.6. The van der Waals surface area contributed by atoms with Gasteiger partial charge in [-0.1, -0.05) is 63.6 Å². The smallest absolute Gasteiger partial charge is 0.272 e. The summed E-state index contributed by atoms with van der Waals surface area (Å²) in [5.74, 6) is -2.63. The zero-order valence-electron chi connectivity index (χ0n) is 18.7. The molecular weight excluding hydrogens is 522 g/mol. The van der Waals surface area contributed by atoms with Gasteiger partial charge in [0, 0.05) is 10.2 Å². The van der Waals surface area contributed by atoms with Gasteiger partial charge in [0.1, 0.15) is 11.6 Å². The lowest BCUT2D eigenvalue weighted by atomic mass is 9.88. The van der Waals surface area contributed by atoms with Crippen LogP contribution in [0.1, 0.15) is 10.4 Å². The van der Waals surface area contributed by atoms with Crippen LogP contribution in [0.4, 0.5) is 11.4 Å². The highest BCUT2D eigenvalue weighted by Crippen LogP contribution is 2.49. The third-order valence-corrected chi connectivity index (χ3v) is 7.84. The van der Waals surface area contributed by atoms with E-state index in [0.29, 0.717) is 16.7 Å². The van der Waals surface area contributed by atoms with E-state index in [1.54, 1.807) is 36.4 Å². The molecule has 0 bridgehead atoms. The van der Waals surface area contributed by atoms with E-state index in [4.69, 9.17) is 0 Å². The van der Waals surface area contributed by atoms with Crippen molar-refractivity contribution in [2.45, 2.75) is 12.1 Å². The molecule has 0 saturated carbocycles. The van der Waals surface area contributed by atoms with Gasteiger partial charge in [-0.15, -0.1) is 5.10 Å². The second kappa shape index (κ2) is 7.69. The summed E-state index contributed by atoms with van der Waals surface area (Å²) >= 11 is 3.40. The molecule has 4 aromatic rings. The number of imide groups is 1. The third-order valence-electron chi connectivity index (χ3n) is 7.31. The molecule has 0 spiro atoms.